The van der Waals surface area contributed by atoms with Gasteiger partial charge >= 0.3 is 0 Å². The maximum Gasteiger partial charge on any atom is 0.284 e. The Labute approximate surface area is 131 Å². The molecule has 0 bridgehead atoms. The van der Waals surface area contributed by atoms with Crippen molar-refractivity contribution in [3.8, 4) is 17.2 Å². The predicted molar refractivity (Wildman–Crippen MR) is 80.5 cm³/mol. The zero-order chi connectivity index (χ0) is 16.4. The van der Waals surface area contributed by atoms with E-state index in [9.17, 15) is 14.9 Å². The van der Waals surface area contributed by atoms with Crippen molar-refractivity contribution in [2.24, 2.45) is 0 Å². The molecule has 118 valence electrons. The number of nitro benzene ring substituents is 1. The summed E-state index contributed by atoms with van der Waals surface area (Å²) in [4.78, 5) is 23.3. The number of ether oxygens (including phenoxy) is 3. The number of fused-ring (bicyclic) bond motifs is 1. The van der Waals surface area contributed by atoms with Gasteiger partial charge in [0.05, 0.1) is 18.1 Å². The number of nitro groups is 1. The van der Waals surface area contributed by atoms with Crippen LogP contribution in [0.1, 0.15) is 15.9 Å². The van der Waals surface area contributed by atoms with E-state index >= 15 is 0 Å². The Morgan fingerprint density at radius 2 is 1.74 bits per heavy atom. The van der Waals surface area contributed by atoms with Crippen LogP contribution in [0.4, 0.5) is 5.69 Å². The van der Waals surface area contributed by atoms with Crippen LogP contribution in [-0.2, 0) is 0 Å². The van der Waals surface area contributed by atoms with Crippen molar-refractivity contribution in [2.45, 2.75) is 0 Å². The van der Waals surface area contributed by atoms with Crippen LogP contribution in [0.25, 0.3) is 0 Å². The second-order valence-corrected chi connectivity index (χ2v) is 4.83. The van der Waals surface area contributed by atoms with E-state index in [2.05, 4.69) is 0 Å². The van der Waals surface area contributed by atoms with Crippen molar-refractivity contribution in [1.82, 2.24) is 0 Å². The molecule has 23 heavy (non-hydrogen) atoms. The van der Waals surface area contributed by atoms with E-state index in [0.717, 1.165) is 0 Å². The fraction of sp³-hybridized carbons (Fsp3) is 0.188. The molecule has 0 amide bonds. The van der Waals surface area contributed by atoms with Crippen LogP contribution >= 0.6 is 0 Å². The average molecular weight is 315 g/mol. The molecule has 1 heterocycles. The monoisotopic (exact) mass is 315 g/mol. The molecule has 7 heteroatoms. The van der Waals surface area contributed by atoms with Crippen molar-refractivity contribution in [2.75, 3.05) is 20.3 Å². The number of benzene rings is 2. The molecule has 0 unspecified atom stereocenters. The summed E-state index contributed by atoms with van der Waals surface area (Å²) in [7, 11) is 1.52. The summed E-state index contributed by atoms with van der Waals surface area (Å²) in [6.45, 7) is 0.650. The Balaban J connectivity index is 2.05. The number of carbonyl (C=O) groups excluding carboxylic acids is 1. The molecule has 0 fully saturated rings. The van der Waals surface area contributed by atoms with E-state index in [1.807, 2.05) is 0 Å². The lowest BCUT2D eigenvalue weighted by Gasteiger charge is -2.18. The van der Waals surface area contributed by atoms with E-state index in [1.54, 1.807) is 24.3 Å². The summed E-state index contributed by atoms with van der Waals surface area (Å²) in [6.07, 6.45) is 0. The summed E-state index contributed by atoms with van der Waals surface area (Å²) in [5, 5.41) is 11.3. The predicted octanol–water partition coefficient (Wildman–Crippen LogP) is 2.61. The van der Waals surface area contributed by atoms with Gasteiger partial charge in [-0.25, -0.2) is 0 Å². The molecule has 0 aromatic heterocycles. The highest BCUT2D eigenvalue weighted by Gasteiger charge is 2.27. The highest BCUT2D eigenvalue weighted by atomic mass is 16.6. The molecule has 0 aliphatic carbocycles. The van der Waals surface area contributed by atoms with Gasteiger partial charge in [0.15, 0.2) is 17.3 Å². The fourth-order valence-electron chi connectivity index (χ4n) is 2.31. The molecule has 1 aliphatic heterocycles. The summed E-state index contributed by atoms with van der Waals surface area (Å²) < 4.78 is 15.8. The van der Waals surface area contributed by atoms with Crippen LogP contribution in [0.2, 0.25) is 0 Å². The largest absolute Gasteiger partial charge is 0.497 e. The average Bonchev–Trinajstić information content (AvgIpc) is 2.60. The summed E-state index contributed by atoms with van der Waals surface area (Å²) in [5.74, 6) is 0.738. The molecule has 0 atom stereocenters. The minimum atomic E-state index is -0.602. The Hall–Kier alpha value is -3.09. The molecule has 1 aliphatic rings. The minimum absolute atomic E-state index is 0.0376. The fourth-order valence-corrected chi connectivity index (χ4v) is 2.31. The lowest BCUT2D eigenvalue weighted by molar-refractivity contribution is -0.385. The highest BCUT2D eigenvalue weighted by molar-refractivity contribution is 6.12. The van der Waals surface area contributed by atoms with Crippen molar-refractivity contribution >= 4 is 11.5 Å². The van der Waals surface area contributed by atoms with Crippen molar-refractivity contribution in [3.63, 3.8) is 0 Å². The smallest absolute Gasteiger partial charge is 0.284 e. The van der Waals surface area contributed by atoms with Crippen molar-refractivity contribution < 1.29 is 23.9 Å². The lowest BCUT2D eigenvalue weighted by Crippen LogP contribution is -2.16. The topological polar surface area (TPSA) is 87.9 Å². The maximum atomic E-state index is 12.6. The van der Waals surface area contributed by atoms with Gasteiger partial charge in [0.1, 0.15) is 24.5 Å². The van der Waals surface area contributed by atoms with E-state index in [-0.39, 0.29) is 17.0 Å². The zero-order valence-corrected chi connectivity index (χ0v) is 12.3. The third-order valence-electron chi connectivity index (χ3n) is 3.45. The van der Waals surface area contributed by atoms with Gasteiger partial charge in [0.25, 0.3) is 5.69 Å². The highest BCUT2D eigenvalue weighted by Crippen LogP contribution is 2.37. The number of carbonyl (C=O) groups is 1. The van der Waals surface area contributed by atoms with E-state index in [4.69, 9.17) is 14.2 Å². The molecule has 0 radical (unpaired) electrons. The van der Waals surface area contributed by atoms with Crippen LogP contribution in [-0.4, -0.2) is 31.0 Å². The van der Waals surface area contributed by atoms with Gasteiger partial charge in [-0.3, -0.25) is 14.9 Å². The SMILES string of the molecule is COc1ccc(C(=O)c2cc3c(cc2[N+](=O)[O-])OCCO3)cc1. The quantitative estimate of drug-likeness (QED) is 0.489. The molecular formula is C16H13NO6. The Morgan fingerprint density at radius 3 is 2.30 bits per heavy atom. The van der Waals surface area contributed by atoms with Gasteiger partial charge in [-0.05, 0) is 24.3 Å². The molecule has 0 saturated heterocycles. The molecule has 0 saturated carbocycles. The Morgan fingerprint density at radius 1 is 1.13 bits per heavy atom. The normalized spacial score (nSPS) is 12.6. The first kappa shape index (κ1) is 14.8. The Kier molecular flexibility index (Phi) is 3.84. The molecule has 7 nitrogen and oxygen atoms in total. The number of hydrogen-bond acceptors (Lipinski definition) is 6. The zero-order valence-electron chi connectivity index (χ0n) is 12.3. The van der Waals surface area contributed by atoms with Crippen molar-refractivity contribution in [3.05, 3.63) is 57.6 Å². The lowest BCUT2D eigenvalue weighted by atomic mass is 10.0. The first-order valence-corrected chi connectivity index (χ1v) is 6.87. The molecule has 2 aromatic carbocycles. The molecule has 3 rings (SSSR count). The van der Waals surface area contributed by atoms with Gasteiger partial charge < -0.3 is 14.2 Å². The number of methoxy groups -OCH3 is 1. The van der Waals surface area contributed by atoms with E-state index in [1.165, 1.54) is 19.2 Å². The number of nitrogens with zero attached hydrogens (tertiary/aromatic N) is 1. The van der Waals surface area contributed by atoms with Crippen LogP contribution in [0.5, 0.6) is 17.2 Å². The minimum Gasteiger partial charge on any atom is -0.497 e. The number of ketones is 1. The number of hydrogen-bond donors (Lipinski definition) is 0. The van der Waals surface area contributed by atoms with Gasteiger partial charge in [0.2, 0.25) is 0 Å². The third kappa shape index (κ3) is 2.80. The van der Waals surface area contributed by atoms with Gasteiger partial charge in [-0.2, -0.15) is 0 Å². The second kappa shape index (κ2) is 5.96. The summed E-state index contributed by atoms with van der Waals surface area (Å²) in [6, 6.07) is 8.95. The molecule has 0 spiro atoms. The van der Waals surface area contributed by atoms with E-state index < -0.39 is 10.7 Å². The van der Waals surface area contributed by atoms with Crippen LogP contribution < -0.4 is 14.2 Å². The van der Waals surface area contributed by atoms with Crippen LogP contribution in [0.15, 0.2) is 36.4 Å². The third-order valence-corrected chi connectivity index (χ3v) is 3.45. The van der Waals surface area contributed by atoms with Crippen LogP contribution in [0.3, 0.4) is 0 Å². The maximum absolute atomic E-state index is 12.6. The number of rotatable bonds is 4. The first-order chi connectivity index (χ1) is 11.1. The van der Waals surface area contributed by atoms with Crippen molar-refractivity contribution in [1.29, 1.82) is 0 Å². The summed E-state index contributed by atoms with van der Waals surface area (Å²) in [5.41, 5.74) is -0.0231. The van der Waals surface area contributed by atoms with Gasteiger partial charge in [-0.1, -0.05) is 0 Å². The summed E-state index contributed by atoms with van der Waals surface area (Å²) >= 11 is 0. The molecular weight excluding hydrogens is 302 g/mol. The van der Waals surface area contributed by atoms with Crippen LogP contribution in [0, 0.1) is 10.1 Å². The van der Waals surface area contributed by atoms with Gasteiger partial charge in [-0.15, -0.1) is 0 Å². The first-order valence-electron chi connectivity index (χ1n) is 6.87. The second-order valence-electron chi connectivity index (χ2n) is 4.83. The molecule has 0 N–H and O–H groups in total. The van der Waals surface area contributed by atoms with E-state index in [0.29, 0.717) is 30.3 Å². The standard InChI is InChI=1S/C16H13NO6/c1-21-11-4-2-10(3-5-11)16(18)12-8-14-15(23-7-6-22-14)9-13(12)17(19)20/h2-5,8-9H,6-7H2,1H3. The Bertz CT molecular complexity index is 769. The molecule has 2 aromatic rings. The van der Waals surface area contributed by atoms with Gasteiger partial charge in [0, 0.05) is 11.6 Å².